The van der Waals surface area contributed by atoms with Gasteiger partial charge in [-0.2, -0.15) is 0 Å². The van der Waals surface area contributed by atoms with Crippen LogP contribution in [0.25, 0.3) is 0 Å². The molecule has 0 saturated carbocycles. The number of ketones is 1. The van der Waals surface area contributed by atoms with Gasteiger partial charge in [0.1, 0.15) is 0 Å². The first kappa shape index (κ1) is 7.20. The first-order valence-electron chi connectivity index (χ1n) is 3.32. The van der Waals surface area contributed by atoms with E-state index in [9.17, 15) is 4.79 Å². The molecule has 50 valence electrons. The third-order valence-corrected chi connectivity index (χ3v) is 1.30. The van der Waals surface area contributed by atoms with E-state index in [1.807, 2.05) is 31.1 Å². The van der Waals surface area contributed by atoms with Crippen molar-refractivity contribution in [3.8, 4) is 0 Å². The van der Waals surface area contributed by atoms with E-state index >= 15 is 0 Å². The Bertz CT molecular complexity index is 218. The molecule has 0 spiro atoms. The first-order valence-corrected chi connectivity index (χ1v) is 3.32. The number of carbonyl (C=O) groups is 1. The molecule has 0 radical (unpaired) electrons. The summed E-state index contributed by atoms with van der Waals surface area (Å²) in [5.41, 5.74) is 1.09. The average molecular weight is 132 g/mol. The predicted octanol–water partition coefficient (Wildman–Crippen LogP) is 1.16. The van der Waals surface area contributed by atoms with Gasteiger partial charge in [-0.3, -0.25) is 0 Å². The molecular formula is C8H9BO. The summed E-state index contributed by atoms with van der Waals surface area (Å²) >= 11 is 0. The van der Waals surface area contributed by atoms with Crippen molar-refractivity contribution in [1.82, 2.24) is 0 Å². The molecule has 0 bridgehead atoms. The molecule has 1 heterocycles. The second-order valence-electron chi connectivity index (χ2n) is 2.36. The molecule has 0 aliphatic carbocycles. The molecule has 0 amide bonds. The molecule has 0 aliphatic heterocycles. The zero-order valence-corrected chi connectivity index (χ0v) is 6.00. The fourth-order valence-corrected chi connectivity index (χ4v) is 0.883. The second kappa shape index (κ2) is 3.30. The molecule has 1 aromatic heterocycles. The van der Waals surface area contributed by atoms with Crippen LogP contribution in [0, 0.1) is 0 Å². The standard InChI is InChI=1S/C8H9BO/c1-7(10)6-8-4-2-3-5-9-8/h2-5H,6H2,1H3. The topological polar surface area (TPSA) is 17.1 Å². The van der Waals surface area contributed by atoms with Gasteiger partial charge in [-0.1, -0.05) is 0 Å². The van der Waals surface area contributed by atoms with Gasteiger partial charge in [0.15, 0.2) is 0 Å². The molecule has 0 atom stereocenters. The number of Topliss-reactive ketones (excluding diaryl/α,β-unsaturated/α-hetero) is 1. The first-order chi connectivity index (χ1) is 4.79. The Balaban J connectivity index is 2.67. The molecule has 1 rings (SSSR count). The zero-order valence-electron chi connectivity index (χ0n) is 6.00. The molecule has 1 nitrogen and oxygen atoms in total. The monoisotopic (exact) mass is 132 g/mol. The van der Waals surface area contributed by atoms with Crippen molar-refractivity contribution < 1.29 is 4.79 Å². The summed E-state index contributed by atoms with van der Waals surface area (Å²) in [4.78, 5) is 10.6. The number of rotatable bonds is 2. The molecule has 2 heteroatoms. The van der Waals surface area contributed by atoms with Crippen molar-refractivity contribution in [2.75, 3.05) is 0 Å². The molecule has 0 fully saturated rings. The Morgan fingerprint density at radius 2 is 2.40 bits per heavy atom. The van der Waals surface area contributed by atoms with Crippen LogP contribution >= 0.6 is 0 Å². The Labute approximate surface area is 61.3 Å². The maximum absolute atomic E-state index is 10.6. The van der Waals surface area contributed by atoms with Crippen LogP contribution in [-0.2, 0) is 11.2 Å². The van der Waals surface area contributed by atoms with E-state index in [-0.39, 0.29) is 5.78 Å². The van der Waals surface area contributed by atoms with Crippen molar-refractivity contribution in [1.29, 1.82) is 0 Å². The minimum absolute atomic E-state index is 0.214. The van der Waals surface area contributed by atoms with Crippen molar-refractivity contribution in [3.63, 3.8) is 0 Å². The summed E-state index contributed by atoms with van der Waals surface area (Å²) in [5.74, 6) is 2.16. The summed E-state index contributed by atoms with van der Waals surface area (Å²) in [6.45, 7) is 3.56. The molecule has 0 aromatic carbocycles. The average Bonchev–Trinajstić information content (AvgIpc) is 1.88. The Hall–Kier alpha value is -0.915. The SMILES string of the molecule is CC(=O)Cc1bcccc1. The van der Waals surface area contributed by atoms with Crippen LogP contribution in [0.5, 0.6) is 0 Å². The summed E-state index contributed by atoms with van der Waals surface area (Å²) in [7, 11) is 0. The van der Waals surface area contributed by atoms with Crippen LogP contribution in [0.3, 0.4) is 0 Å². The van der Waals surface area contributed by atoms with E-state index in [1.165, 1.54) is 0 Å². The Kier molecular flexibility index (Phi) is 2.38. The van der Waals surface area contributed by atoms with Crippen molar-refractivity contribution >= 4 is 12.7 Å². The summed E-state index contributed by atoms with van der Waals surface area (Å²) in [6, 6.07) is 5.85. The van der Waals surface area contributed by atoms with Gasteiger partial charge < -0.3 is 0 Å². The third kappa shape index (κ3) is 2.13. The van der Waals surface area contributed by atoms with E-state index in [4.69, 9.17) is 0 Å². The van der Waals surface area contributed by atoms with Crippen LogP contribution in [0.15, 0.2) is 24.2 Å². The van der Waals surface area contributed by atoms with Crippen LogP contribution in [0.1, 0.15) is 12.4 Å². The molecule has 0 saturated heterocycles. The molecule has 10 heavy (non-hydrogen) atoms. The van der Waals surface area contributed by atoms with E-state index in [1.54, 1.807) is 6.92 Å². The van der Waals surface area contributed by atoms with Crippen LogP contribution in [0.4, 0.5) is 0 Å². The maximum atomic E-state index is 10.6. The van der Waals surface area contributed by atoms with Gasteiger partial charge in [0, 0.05) is 0 Å². The van der Waals surface area contributed by atoms with Crippen molar-refractivity contribution in [2.24, 2.45) is 0 Å². The molecule has 1 aromatic rings. The van der Waals surface area contributed by atoms with Gasteiger partial charge in [0.05, 0.1) is 0 Å². The number of hydrogen-bond donors (Lipinski definition) is 0. The van der Waals surface area contributed by atoms with E-state index in [0.717, 1.165) is 5.46 Å². The third-order valence-electron chi connectivity index (χ3n) is 1.30. The van der Waals surface area contributed by atoms with Crippen LogP contribution in [0.2, 0.25) is 0 Å². The van der Waals surface area contributed by atoms with Gasteiger partial charge in [-0.05, 0) is 0 Å². The van der Waals surface area contributed by atoms with Crippen LogP contribution in [-0.4, -0.2) is 12.7 Å². The molecule has 0 N–H and O–H groups in total. The number of hydrogen-bond acceptors (Lipinski definition) is 1. The van der Waals surface area contributed by atoms with Gasteiger partial charge in [-0.15, -0.1) is 0 Å². The van der Waals surface area contributed by atoms with Gasteiger partial charge >= 0.3 is 60.5 Å². The van der Waals surface area contributed by atoms with Crippen molar-refractivity contribution in [2.45, 2.75) is 13.3 Å². The number of carbonyl (C=O) groups excluding carboxylic acids is 1. The Morgan fingerprint density at radius 3 is 2.90 bits per heavy atom. The summed E-state index contributed by atoms with van der Waals surface area (Å²) in [6.07, 6.45) is 0.556. The minimum atomic E-state index is 0.214. The molecular weight excluding hydrogens is 123 g/mol. The van der Waals surface area contributed by atoms with E-state index in [2.05, 4.69) is 0 Å². The quantitative estimate of drug-likeness (QED) is 0.589. The molecule has 0 unspecified atom stereocenters. The Morgan fingerprint density at radius 1 is 1.60 bits per heavy atom. The van der Waals surface area contributed by atoms with Crippen LogP contribution < -0.4 is 0 Å². The summed E-state index contributed by atoms with van der Waals surface area (Å²) in [5, 5.41) is 0. The fourth-order valence-electron chi connectivity index (χ4n) is 0.883. The van der Waals surface area contributed by atoms with Gasteiger partial charge in [-0.25, -0.2) is 0 Å². The van der Waals surface area contributed by atoms with Crippen molar-refractivity contribution in [3.05, 3.63) is 29.6 Å². The van der Waals surface area contributed by atoms with E-state index in [0.29, 0.717) is 6.42 Å². The molecule has 0 aliphatic rings. The normalized spacial score (nSPS) is 8.90. The summed E-state index contributed by atoms with van der Waals surface area (Å²) < 4.78 is 0. The predicted molar refractivity (Wildman–Crippen MR) is 42.2 cm³/mol. The van der Waals surface area contributed by atoms with E-state index < -0.39 is 0 Å². The van der Waals surface area contributed by atoms with Gasteiger partial charge in [0.2, 0.25) is 0 Å². The fraction of sp³-hybridized carbons (Fsp3) is 0.250. The second-order valence-corrected chi connectivity index (χ2v) is 2.36. The van der Waals surface area contributed by atoms with Gasteiger partial charge in [0.25, 0.3) is 0 Å². The zero-order chi connectivity index (χ0) is 7.40.